The van der Waals surface area contributed by atoms with Crippen molar-refractivity contribution < 1.29 is 4.74 Å². The summed E-state index contributed by atoms with van der Waals surface area (Å²) in [4.78, 5) is 4.43. The van der Waals surface area contributed by atoms with Gasteiger partial charge in [0, 0.05) is 24.9 Å². The van der Waals surface area contributed by atoms with Crippen molar-refractivity contribution in [2.45, 2.75) is 32.9 Å². The predicted octanol–water partition coefficient (Wildman–Crippen LogP) is 2.06. The lowest BCUT2D eigenvalue weighted by Gasteiger charge is -2.22. The minimum absolute atomic E-state index is 0.151. The summed E-state index contributed by atoms with van der Waals surface area (Å²) in [5.41, 5.74) is 7.00. The molecule has 2 atom stereocenters. The van der Waals surface area contributed by atoms with Crippen LogP contribution >= 0.6 is 0 Å². The summed E-state index contributed by atoms with van der Waals surface area (Å²) < 4.78 is 5.06. The van der Waals surface area contributed by atoms with Gasteiger partial charge in [-0.3, -0.25) is 4.99 Å². The van der Waals surface area contributed by atoms with E-state index in [1.165, 1.54) is 0 Å². The van der Waals surface area contributed by atoms with Crippen LogP contribution in [-0.4, -0.2) is 38.3 Å². The van der Waals surface area contributed by atoms with Crippen molar-refractivity contribution >= 4 is 11.6 Å². The number of guanidine groups is 1. The highest BCUT2D eigenvalue weighted by atomic mass is 16.5. The number of nitrogens with two attached hydrogens (primary N) is 1. The van der Waals surface area contributed by atoms with E-state index in [2.05, 4.69) is 41.6 Å². The van der Waals surface area contributed by atoms with Crippen LogP contribution in [0.5, 0.6) is 0 Å². The number of aliphatic imine (C=N–C) groups is 1. The van der Waals surface area contributed by atoms with Crippen molar-refractivity contribution in [3.05, 3.63) is 30.3 Å². The van der Waals surface area contributed by atoms with Gasteiger partial charge in [0.15, 0.2) is 5.96 Å². The van der Waals surface area contributed by atoms with E-state index in [1.54, 1.807) is 7.11 Å². The third-order valence-electron chi connectivity index (χ3n) is 3.20. The molecule has 5 heteroatoms. The second-order valence-electron chi connectivity index (χ2n) is 5.59. The number of nitrogens with one attached hydrogen (secondary N) is 2. The fourth-order valence-corrected chi connectivity index (χ4v) is 1.96. The van der Waals surface area contributed by atoms with Gasteiger partial charge in [0.1, 0.15) is 0 Å². The molecule has 0 saturated carbocycles. The van der Waals surface area contributed by atoms with Crippen LogP contribution in [0.25, 0.3) is 0 Å². The van der Waals surface area contributed by atoms with Gasteiger partial charge in [0.25, 0.3) is 0 Å². The molecule has 0 radical (unpaired) electrons. The van der Waals surface area contributed by atoms with Gasteiger partial charge >= 0.3 is 0 Å². The van der Waals surface area contributed by atoms with Crippen LogP contribution in [0.15, 0.2) is 35.3 Å². The number of ether oxygens (including phenoxy) is 1. The number of hydrogen-bond donors (Lipinski definition) is 3. The molecule has 2 unspecified atom stereocenters. The Morgan fingerprint density at radius 1 is 1.24 bits per heavy atom. The number of methoxy groups -OCH3 is 1. The standard InChI is InChI=1S/C16H28N4O/c1-12(2)15(20-14-8-6-5-7-9-14)10-18-16(17)19-13(3)11-21-4/h5-9,12-13,15,20H,10-11H2,1-4H3,(H3,17,18,19). The quantitative estimate of drug-likeness (QED) is 0.506. The molecule has 0 bridgehead atoms. The molecule has 0 aliphatic heterocycles. The van der Waals surface area contributed by atoms with E-state index < -0.39 is 0 Å². The predicted molar refractivity (Wildman–Crippen MR) is 89.7 cm³/mol. The zero-order valence-electron chi connectivity index (χ0n) is 13.5. The maximum Gasteiger partial charge on any atom is 0.188 e. The van der Waals surface area contributed by atoms with Crippen LogP contribution in [-0.2, 0) is 4.74 Å². The number of nitrogens with zero attached hydrogens (tertiary/aromatic N) is 1. The lowest BCUT2D eigenvalue weighted by atomic mass is 10.0. The molecule has 5 nitrogen and oxygen atoms in total. The second kappa shape index (κ2) is 9.23. The van der Waals surface area contributed by atoms with E-state index in [1.807, 2.05) is 25.1 Å². The van der Waals surface area contributed by atoms with E-state index in [9.17, 15) is 0 Å². The van der Waals surface area contributed by atoms with Crippen LogP contribution in [0.4, 0.5) is 5.69 Å². The minimum atomic E-state index is 0.151. The SMILES string of the molecule is COCC(C)NC(N)=NCC(Nc1ccccc1)C(C)C. The third-order valence-corrected chi connectivity index (χ3v) is 3.20. The van der Waals surface area contributed by atoms with Crippen molar-refractivity contribution in [1.82, 2.24) is 5.32 Å². The molecular weight excluding hydrogens is 264 g/mol. The molecule has 0 aliphatic rings. The number of rotatable bonds is 8. The minimum Gasteiger partial charge on any atom is -0.383 e. The topological polar surface area (TPSA) is 71.7 Å². The van der Waals surface area contributed by atoms with Crippen molar-refractivity contribution in [1.29, 1.82) is 0 Å². The molecule has 0 aliphatic carbocycles. The van der Waals surface area contributed by atoms with Gasteiger partial charge in [-0.2, -0.15) is 0 Å². The van der Waals surface area contributed by atoms with Gasteiger partial charge < -0.3 is 21.1 Å². The van der Waals surface area contributed by atoms with E-state index >= 15 is 0 Å². The normalized spacial score (nSPS) is 14.8. The Labute approximate surface area is 128 Å². The highest BCUT2D eigenvalue weighted by molar-refractivity contribution is 5.78. The number of anilines is 1. The van der Waals surface area contributed by atoms with Crippen molar-refractivity contribution in [2.75, 3.05) is 25.6 Å². The lowest BCUT2D eigenvalue weighted by Crippen LogP contribution is -2.41. The summed E-state index contributed by atoms with van der Waals surface area (Å²) in [5, 5.41) is 6.61. The molecule has 0 amide bonds. The first-order valence-electron chi connectivity index (χ1n) is 7.40. The summed E-state index contributed by atoms with van der Waals surface area (Å²) in [7, 11) is 1.67. The molecule has 1 aromatic rings. The van der Waals surface area contributed by atoms with Crippen LogP contribution < -0.4 is 16.4 Å². The zero-order valence-corrected chi connectivity index (χ0v) is 13.5. The van der Waals surface area contributed by atoms with Crippen molar-refractivity contribution in [3.63, 3.8) is 0 Å². The average molecular weight is 292 g/mol. The molecular formula is C16H28N4O. The molecule has 0 fully saturated rings. The molecule has 118 valence electrons. The fourth-order valence-electron chi connectivity index (χ4n) is 1.96. The van der Waals surface area contributed by atoms with Gasteiger partial charge in [-0.1, -0.05) is 32.0 Å². The first-order valence-corrected chi connectivity index (χ1v) is 7.40. The van der Waals surface area contributed by atoms with Gasteiger partial charge in [-0.25, -0.2) is 0 Å². The Bertz CT molecular complexity index is 420. The molecule has 4 N–H and O–H groups in total. The second-order valence-corrected chi connectivity index (χ2v) is 5.59. The Kier molecular flexibility index (Phi) is 7.61. The summed E-state index contributed by atoms with van der Waals surface area (Å²) in [5.74, 6) is 0.915. The van der Waals surface area contributed by atoms with Crippen LogP contribution in [0, 0.1) is 5.92 Å². The average Bonchev–Trinajstić information content (AvgIpc) is 2.44. The molecule has 0 aromatic heterocycles. The summed E-state index contributed by atoms with van der Waals surface area (Å²) in [6.45, 7) is 7.59. The van der Waals surface area contributed by atoms with Crippen molar-refractivity contribution in [3.8, 4) is 0 Å². The Balaban J connectivity index is 2.54. The molecule has 0 saturated heterocycles. The maximum atomic E-state index is 5.90. The first-order chi connectivity index (χ1) is 10.0. The number of benzene rings is 1. The van der Waals surface area contributed by atoms with Crippen molar-refractivity contribution in [2.24, 2.45) is 16.6 Å². The van der Waals surface area contributed by atoms with Gasteiger partial charge in [-0.15, -0.1) is 0 Å². The third kappa shape index (κ3) is 6.99. The summed E-state index contributed by atoms with van der Waals surface area (Å²) >= 11 is 0. The van der Waals surface area contributed by atoms with E-state index in [0.717, 1.165) is 5.69 Å². The van der Waals surface area contributed by atoms with Gasteiger partial charge in [0.05, 0.1) is 13.2 Å². The summed E-state index contributed by atoms with van der Waals surface area (Å²) in [6, 6.07) is 10.6. The van der Waals surface area contributed by atoms with Gasteiger partial charge in [0.2, 0.25) is 0 Å². The number of para-hydroxylation sites is 1. The first kappa shape index (κ1) is 17.3. The van der Waals surface area contributed by atoms with Crippen LogP contribution in [0.1, 0.15) is 20.8 Å². The fraction of sp³-hybridized carbons (Fsp3) is 0.562. The van der Waals surface area contributed by atoms with Crippen LogP contribution in [0.3, 0.4) is 0 Å². The van der Waals surface area contributed by atoms with E-state index in [-0.39, 0.29) is 12.1 Å². The van der Waals surface area contributed by atoms with Gasteiger partial charge in [-0.05, 0) is 25.0 Å². The molecule has 1 rings (SSSR count). The van der Waals surface area contributed by atoms with Crippen LogP contribution in [0.2, 0.25) is 0 Å². The molecule has 0 heterocycles. The zero-order chi connectivity index (χ0) is 15.7. The largest absolute Gasteiger partial charge is 0.383 e. The maximum absolute atomic E-state index is 5.90. The Morgan fingerprint density at radius 2 is 1.90 bits per heavy atom. The highest BCUT2D eigenvalue weighted by Gasteiger charge is 2.13. The molecule has 1 aromatic carbocycles. The van der Waals surface area contributed by atoms with E-state index in [4.69, 9.17) is 10.5 Å². The lowest BCUT2D eigenvalue weighted by molar-refractivity contribution is 0.179. The van der Waals surface area contributed by atoms with E-state index in [0.29, 0.717) is 25.0 Å². The number of hydrogen-bond acceptors (Lipinski definition) is 3. The molecule has 0 spiro atoms. The Hall–Kier alpha value is -1.75. The highest BCUT2D eigenvalue weighted by Crippen LogP contribution is 2.12. The smallest absolute Gasteiger partial charge is 0.188 e. The Morgan fingerprint density at radius 3 is 2.48 bits per heavy atom. The molecule has 21 heavy (non-hydrogen) atoms. The monoisotopic (exact) mass is 292 g/mol. The summed E-state index contributed by atoms with van der Waals surface area (Å²) in [6.07, 6.45) is 0.